The molecule has 7 nitrogen and oxygen atoms in total. The Labute approximate surface area is 215 Å². The molecular weight excluding hydrogens is 526 g/mol. The number of nitrogens with one attached hydrogen (secondary N) is 2. The molecule has 0 bridgehead atoms. The molecule has 5 aromatic rings. The Hall–Kier alpha value is -3.82. The number of methoxy groups -OCH3 is 1. The molecule has 35 heavy (non-hydrogen) atoms. The van der Waals surface area contributed by atoms with Crippen LogP contribution in [0, 0.1) is 6.92 Å². The van der Waals surface area contributed by atoms with Crippen LogP contribution < -0.4 is 15.4 Å². The van der Waals surface area contributed by atoms with Gasteiger partial charge in [-0.2, -0.15) is 0 Å². The van der Waals surface area contributed by atoms with Gasteiger partial charge in [-0.05, 0) is 82.4 Å². The Morgan fingerprint density at radius 1 is 1.00 bits per heavy atom. The molecule has 0 spiro atoms. The van der Waals surface area contributed by atoms with E-state index in [1.165, 1.54) is 0 Å². The first kappa shape index (κ1) is 22.9. The minimum absolute atomic E-state index is 0.186. The van der Waals surface area contributed by atoms with Crippen molar-refractivity contribution in [1.82, 2.24) is 20.3 Å². The molecule has 1 aromatic heterocycles. The van der Waals surface area contributed by atoms with Gasteiger partial charge in [-0.3, -0.25) is 10.1 Å². The van der Waals surface area contributed by atoms with Gasteiger partial charge in [-0.1, -0.05) is 36.4 Å². The minimum Gasteiger partial charge on any atom is -0.496 e. The maximum Gasteiger partial charge on any atom is 0.257 e. The summed E-state index contributed by atoms with van der Waals surface area (Å²) in [5.41, 5.74) is 4.49. The lowest BCUT2D eigenvalue weighted by Gasteiger charge is -2.12. The molecule has 2 N–H and O–H groups in total. The second-order valence-corrected chi connectivity index (χ2v) is 9.16. The lowest BCUT2D eigenvalue weighted by molar-refractivity contribution is 0.0977. The van der Waals surface area contributed by atoms with Gasteiger partial charge in [0.15, 0.2) is 5.11 Å². The van der Waals surface area contributed by atoms with Crippen molar-refractivity contribution < 1.29 is 9.53 Å². The largest absolute Gasteiger partial charge is 0.496 e. The van der Waals surface area contributed by atoms with E-state index in [0.717, 1.165) is 33.2 Å². The quantitative estimate of drug-likeness (QED) is 0.278. The standard InChI is InChI=1S/C26H20BrN5O2S/c1-15-12-21-22(31-32(30-21)23-9-5-7-16-6-3-4-8-18(16)23)14-20(15)28-26(35)29-25(33)17-10-11-24(34-2)19(27)13-17/h3-14H,1-2H3,(H2,28,29,33,35). The molecule has 0 aliphatic carbocycles. The fraction of sp³-hybridized carbons (Fsp3) is 0.0769. The maximum absolute atomic E-state index is 12.6. The molecule has 0 unspecified atom stereocenters. The van der Waals surface area contributed by atoms with Gasteiger partial charge in [-0.25, -0.2) is 0 Å². The van der Waals surface area contributed by atoms with Crippen LogP contribution in [0.15, 0.2) is 77.3 Å². The third-order valence-corrected chi connectivity index (χ3v) is 6.42. The third kappa shape index (κ3) is 4.60. The summed E-state index contributed by atoms with van der Waals surface area (Å²) in [5, 5.41) is 17.6. The summed E-state index contributed by atoms with van der Waals surface area (Å²) >= 11 is 8.78. The molecular formula is C26H20BrN5O2S. The second kappa shape index (κ2) is 9.44. The molecule has 0 aliphatic rings. The number of nitrogens with zero attached hydrogens (tertiary/aromatic N) is 3. The highest BCUT2D eigenvalue weighted by atomic mass is 79.9. The van der Waals surface area contributed by atoms with Crippen LogP contribution in [0.25, 0.3) is 27.5 Å². The summed E-state index contributed by atoms with van der Waals surface area (Å²) in [4.78, 5) is 14.3. The van der Waals surface area contributed by atoms with Crippen molar-refractivity contribution in [2.75, 3.05) is 12.4 Å². The second-order valence-electron chi connectivity index (χ2n) is 7.90. The number of halogens is 1. The van der Waals surface area contributed by atoms with E-state index in [4.69, 9.17) is 22.1 Å². The number of rotatable bonds is 4. The number of benzene rings is 4. The summed E-state index contributed by atoms with van der Waals surface area (Å²) in [5.74, 6) is 0.314. The molecule has 0 atom stereocenters. The van der Waals surface area contributed by atoms with Gasteiger partial charge in [0, 0.05) is 16.6 Å². The molecule has 0 fully saturated rings. The van der Waals surface area contributed by atoms with E-state index in [1.807, 2.05) is 43.3 Å². The van der Waals surface area contributed by atoms with Crippen molar-refractivity contribution in [1.29, 1.82) is 0 Å². The van der Waals surface area contributed by atoms with Crippen LogP contribution in [-0.4, -0.2) is 33.1 Å². The van der Waals surface area contributed by atoms with E-state index in [2.05, 4.69) is 49.9 Å². The number of fused-ring (bicyclic) bond motifs is 2. The summed E-state index contributed by atoms with van der Waals surface area (Å²) in [6.45, 7) is 1.95. The molecule has 0 aliphatic heterocycles. The molecule has 174 valence electrons. The number of aryl methyl sites for hydroxylation is 1. The zero-order valence-electron chi connectivity index (χ0n) is 18.9. The van der Waals surface area contributed by atoms with Crippen LogP contribution in [0.3, 0.4) is 0 Å². The predicted molar refractivity (Wildman–Crippen MR) is 145 cm³/mol. The minimum atomic E-state index is -0.327. The Bertz CT molecular complexity index is 1610. The first-order valence-electron chi connectivity index (χ1n) is 10.7. The predicted octanol–water partition coefficient (Wildman–Crippen LogP) is 5.78. The zero-order valence-corrected chi connectivity index (χ0v) is 21.3. The number of carbonyl (C=O) groups is 1. The molecule has 4 aromatic carbocycles. The summed E-state index contributed by atoms with van der Waals surface area (Å²) < 4.78 is 5.89. The molecule has 0 saturated carbocycles. The fourth-order valence-corrected chi connectivity index (χ4v) is 4.57. The first-order valence-corrected chi connectivity index (χ1v) is 11.9. The number of anilines is 1. The van der Waals surface area contributed by atoms with Crippen LogP contribution in [-0.2, 0) is 0 Å². The van der Waals surface area contributed by atoms with Gasteiger partial charge in [0.1, 0.15) is 16.8 Å². The smallest absolute Gasteiger partial charge is 0.257 e. The first-order chi connectivity index (χ1) is 16.9. The SMILES string of the molecule is COc1ccc(C(=O)NC(=S)Nc2cc3nn(-c4cccc5ccccc45)nc3cc2C)cc1Br. The topological polar surface area (TPSA) is 81.1 Å². The molecule has 1 heterocycles. The van der Waals surface area contributed by atoms with E-state index in [0.29, 0.717) is 21.3 Å². The van der Waals surface area contributed by atoms with Gasteiger partial charge in [0.2, 0.25) is 0 Å². The van der Waals surface area contributed by atoms with Crippen molar-refractivity contribution in [3.05, 3.63) is 88.4 Å². The summed E-state index contributed by atoms with van der Waals surface area (Å²) in [7, 11) is 1.57. The van der Waals surface area contributed by atoms with Crippen LogP contribution in [0.5, 0.6) is 5.75 Å². The van der Waals surface area contributed by atoms with E-state index < -0.39 is 0 Å². The van der Waals surface area contributed by atoms with E-state index in [9.17, 15) is 4.79 Å². The maximum atomic E-state index is 12.6. The van der Waals surface area contributed by atoms with Crippen molar-refractivity contribution in [3.63, 3.8) is 0 Å². The number of amides is 1. The van der Waals surface area contributed by atoms with Gasteiger partial charge in [-0.15, -0.1) is 15.0 Å². The fourth-order valence-electron chi connectivity index (χ4n) is 3.83. The van der Waals surface area contributed by atoms with Gasteiger partial charge < -0.3 is 10.1 Å². The molecule has 9 heteroatoms. The van der Waals surface area contributed by atoms with Crippen molar-refractivity contribution >= 4 is 66.7 Å². The lowest BCUT2D eigenvalue weighted by Crippen LogP contribution is -2.34. The molecule has 5 rings (SSSR count). The Morgan fingerprint density at radius 2 is 1.74 bits per heavy atom. The number of aromatic nitrogens is 3. The van der Waals surface area contributed by atoms with Crippen LogP contribution >= 0.6 is 28.1 Å². The molecule has 0 saturated heterocycles. The lowest BCUT2D eigenvalue weighted by atomic mass is 10.1. The van der Waals surface area contributed by atoms with Crippen molar-refractivity contribution in [3.8, 4) is 11.4 Å². The van der Waals surface area contributed by atoms with Gasteiger partial charge in [0.25, 0.3) is 5.91 Å². The number of thiocarbonyl (C=S) groups is 1. The highest BCUT2D eigenvalue weighted by molar-refractivity contribution is 9.10. The Balaban J connectivity index is 1.38. The molecule has 1 amide bonds. The monoisotopic (exact) mass is 545 g/mol. The van der Waals surface area contributed by atoms with E-state index in [-0.39, 0.29) is 11.0 Å². The average molecular weight is 546 g/mol. The summed E-state index contributed by atoms with van der Waals surface area (Å²) in [6, 6.07) is 23.1. The number of hydrogen-bond donors (Lipinski definition) is 2. The highest BCUT2D eigenvalue weighted by Gasteiger charge is 2.14. The van der Waals surface area contributed by atoms with Gasteiger partial charge >= 0.3 is 0 Å². The van der Waals surface area contributed by atoms with E-state index >= 15 is 0 Å². The molecule has 0 radical (unpaired) electrons. The normalized spacial score (nSPS) is 10.9. The summed E-state index contributed by atoms with van der Waals surface area (Å²) in [6.07, 6.45) is 0. The third-order valence-electron chi connectivity index (χ3n) is 5.60. The number of hydrogen-bond acceptors (Lipinski definition) is 5. The van der Waals surface area contributed by atoms with Crippen LogP contribution in [0.1, 0.15) is 15.9 Å². The zero-order chi connectivity index (χ0) is 24.5. The number of ether oxygens (including phenoxy) is 1. The van der Waals surface area contributed by atoms with Gasteiger partial charge in [0.05, 0.1) is 17.3 Å². The van der Waals surface area contributed by atoms with E-state index in [1.54, 1.807) is 30.1 Å². The highest BCUT2D eigenvalue weighted by Crippen LogP contribution is 2.26. The van der Waals surface area contributed by atoms with Crippen molar-refractivity contribution in [2.45, 2.75) is 6.92 Å². The van der Waals surface area contributed by atoms with Crippen LogP contribution in [0.4, 0.5) is 5.69 Å². The average Bonchev–Trinajstić information content (AvgIpc) is 3.26. The number of carbonyl (C=O) groups excluding carboxylic acids is 1. The van der Waals surface area contributed by atoms with Crippen molar-refractivity contribution in [2.24, 2.45) is 0 Å². The Kier molecular flexibility index (Phi) is 6.19. The van der Waals surface area contributed by atoms with Crippen LogP contribution in [0.2, 0.25) is 0 Å². The Morgan fingerprint density at radius 3 is 2.51 bits per heavy atom.